The average molecular weight is 359 g/mol. The number of carbonyl (C=O) groups is 4. The fourth-order valence-corrected chi connectivity index (χ4v) is 2.78. The molecule has 0 spiro atoms. The van der Waals surface area contributed by atoms with Gasteiger partial charge in [-0.1, -0.05) is 44.2 Å². The van der Waals surface area contributed by atoms with Crippen LogP contribution in [0.2, 0.25) is 0 Å². The molecule has 1 heterocycles. The molecule has 26 heavy (non-hydrogen) atoms. The molecule has 1 aromatic carbocycles. The van der Waals surface area contributed by atoms with Gasteiger partial charge in [-0.15, -0.1) is 0 Å². The van der Waals surface area contributed by atoms with Crippen molar-refractivity contribution in [1.82, 2.24) is 15.1 Å². The van der Waals surface area contributed by atoms with E-state index in [1.54, 1.807) is 0 Å². The maximum absolute atomic E-state index is 12.2. The second-order valence-electron chi connectivity index (χ2n) is 6.98. The minimum absolute atomic E-state index is 0.0440. The smallest absolute Gasteiger partial charge is 0.334 e. The molecule has 0 radical (unpaired) electrons. The molecule has 0 saturated carbocycles. The molecule has 2 rings (SSSR count). The standard InChI is InChI=1S/C19H25N3O4/c1-13(2)11-21-17(24)18(25)22(19(21)26)12-16(23)20-14(3)9-10-15-7-5-4-6-8-15/h4-8,13-14H,9-12H2,1-3H3,(H,20,23)/t14-/m1/s1. The van der Waals surface area contributed by atoms with Gasteiger partial charge in [0.05, 0.1) is 0 Å². The SMILES string of the molecule is CC(C)CN1C(=O)C(=O)N(CC(=O)N[C@H](C)CCc2ccccc2)C1=O. The van der Waals surface area contributed by atoms with Gasteiger partial charge in [-0.25, -0.2) is 9.69 Å². The van der Waals surface area contributed by atoms with Crippen molar-refractivity contribution in [3.8, 4) is 0 Å². The van der Waals surface area contributed by atoms with E-state index in [-0.39, 0.29) is 18.5 Å². The molecular formula is C19H25N3O4. The quantitative estimate of drug-likeness (QED) is 0.564. The number of nitrogens with zero attached hydrogens (tertiary/aromatic N) is 2. The molecule has 0 unspecified atom stereocenters. The van der Waals surface area contributed by atoms with Gasteiger partial charge in [-0.05, 0) is 31.2 Å². The van der Waals surface area contributed by atoms with Gasteiger partial charge in [-0.2, -0.15) is 0 Å². The molecule has 1 N–H and O–H groups in total. The molecule has 1 aliphatic heterocycles. The Balaban J connectivity index is 1.85. The molecule has 7 heteroatoms. The van der Waals surface area contributed by atoms with Gasteiger partial charge in [0, 0.05) is 12.6 Å². The molecule has 1 fully saturated rings. The first-order chi connectivity index (χ1) is 12.3. The Labute approximate surface area is 153 Å². The molecule has 1 atom stereocenters. The summed E-state index contributed by atoms with van der Waals surface area (Å²) in [4.78, 5) is 49.9. The lowest BCUT2D eigenvalue weighted by atomic mass is 10.1. The van der Waals surface area contributed by atoms with E-state index in [1.165, 1.54) is 5.56 Å². The number of rotatable bonds is 8. The number of urea groups is 1. The number of imide groups is 2. The lowest BCUT2D eigenvalue weighted by Gasteiger charge is -2.18. The van der Waals surface area contributed by atoms with E-state index in [2.05, 4.69) is 5.32 Å². The number of nitrogens with one attached hydrogen (secondary N) is 1. The Morgan fingerprint density at radius 2 is 1.62 bits per heavy atom. The molecule has 0 bridgehead atoms. The lowest BCUT2D eigenvalue weighted by molar-refractivity contribution is -0.144. The third-order valence-corrected chi connectivity index (χ3v) is 4.10. The predicted molar refractivity (Wildman–Crippen MR) is 96.0 cm³/mol. The van der Waals surface area contributed by atoms with E-state index in [1.807, 2.05) is 51.1 Å². The highest BCUT2D eigenvalue weighted by molar-refractivity contribution is 6.45. The van der Waals surface area contributed by atoms with Gasteiger partial charge < -0.3 is 5.32 Å². The zero-order chi connectivity index (χ0) is 19.3. The number of benzene rings is 1. The summed E-state index contributed by atoms with van der Waals surface area (Å²) in [6.07, 6.45) is 1.54. The summed E-state index contributed by atoms with van der Waals surface area (Å²) in [7, 11) is 0. The van der Waals surface area contributed by atoms with Crippen LogP contribution in [0.1, 0.15) is 32.8 Å². The van der Waals surface area contributed by atoms with Crippen LogP contribution in [-0.4, -0.2) is 52.7 Å². The van der Waals surface area contributed by atoms with Crippen LogP contribution in [0.4, 0.5) is 4.79 Å². The molecule has 1 aromatic rings. The highest BCUT2D eigenvalue weighted by Gasteiger charge is 2.45. The molecular weight excluding hydrogens is 334 g/mol. The third kappa shape index (κ3) is 4.91. The highest BCUT2D eigenvalue weighted by Crippen LogP contribution is 2.14. The largest absolute Gasteiger partial charge is 0.352 e. The maximum Gasteiger partial charge on any atom is 0.334 e. The van der Waals surface area contributed by atoms with Crippen LogP contribution in [0.3, 0.4) is 0 Å². The highest BCUT2D eigenvalue weighted by atomic mass is 16.2. The van der Waals surface area contributed by atoms with Crippen molar-refractivity contribution in [2.24, 2.45) is 5.92 Å². The topological polar surface area (TPSA) is 86.8 Å². The molecule has 7 nitrogen and oxygen atoms in total. The Bertz CT molecular complexity index is 687. The molecule has 0 aliphatic carbocycles. The number of aryl methyl sites for hydroxylation is 1. The normalized spacial score (nSPS) is 15.8. The summed E-state index contributed by atoms with van der Waals surface area (Å²) in [6.45, 7) is 5.27. The van der Waals surface area contributed by atoms with Gasteiger partial charge >= 0.3 is 17.8 Å². The molecule has 0 aromatic heterocycles. The number of hydrogen-bond acceptors (Lipinski definition) is 4. The second kappa shape index (κ2) is 8.60. The predicted octanol–water partition coefficient (Wildman–Crippen LogP) is 1.57. The second-order valence-corrected chi connectivity index (χ2v) is 6.98. The summed E-state index contributed by atoms with van der Waals surface area (Å²) in [6, 6.07) is 9.07. The molecule has 5 amide bonds. The fraction of sp³-hybridized carbons (Fsp3) is 0.474. The van der Waals surface area contributed by atoms with Gasteiger partial charge in [0.25, 0.3) is 0 Å². The van der Waals surface area contributed by atoms with Crippen molar-refractivity contribution in [3.63, 3.8) is 0 Å². The van der Waals surface area contributed by atoms with Crippen LogP contribution in [0, 0.1) is 5.92 Å². The van der Waals surface area contributed by atoms with Gasteiger partial charge in [0.1, 0.15) is 6.54 Å². The van der Waals surface area contributed by atoms with Gasteiger partial charge in [-0.3, -0.25) is 19.3 Å². The number of hydrogen-bond donors (Lipinski definition) is 1. The Morgan fingerprint density at radius 1 is 1.00 bits per heavy atom. The van der Waals surface area contributed by atoms with Crippen LogP contribution in [0.15, 0.2) is 30.3 Å². The van der Waals surface area contributed by atoms with E-state index < -0.39 is 30.3 Å². The molecule has 140 valence electrons. The first kappa shape index (κ1) is 19.6. The van der Waals surface area contributed by atoms with E-state index in [0.717, 1.165) is 17.7 Å². The van der Waals surface area contributed by atoms with Crippen LogP contribution in [0.25, 0.3) is 0 Å². The minimum Gasteiger partial charge on any atom is -0.352 e. The van der Waals surface area contributed by atoms with Crippen LogP contribution < -0.4 is 5.32 Å². The van der Waals surface area contributed by atoms with Crippen molar-refractivity contribution in [1.29, 1.82) is 0 Å². The van der Waals surface area contributed by atoms with Crippen LogP contribution in [-0.2, 0) is 20.8 Å². The summed E-state index contributed by atoms with van der Waals surface area (Å²) >= 11 is 0. The van der Waals surface area contributed by atoms with Crippen molar-refractivity contribution in [2.45, 2.75) is 39.7 Å². The van der Waals surface area contributed by atoms with Crippen molar-refractivity contribution < 1.29 is 19.2 Å². The summed E-state index contributed by atoms with van der Waals surface area (Å²) < 4.78 is 0. The van der Waals surface area contributed by atoms with Crippen molar-refractivity contribution in [2.75, 3.05) is 13.1 Å². The first-order valence-electron chi connectivity index (χ1n) is 8.80. The monoisotopic (exact) mass is 359 g/mol. The summed E-state index contributed by atoms with van der Waals surface area (Å²) in [5, 5.41) is 2.77. The third-order valence-electron chi connectivity index (χ3n) is 4.10. The lowest BCUT2D eigenvalue weighted by Crippen LogP contribution is -2.44. The Kier molecular flexibility index (Phi) is 6.49. The van der Waals surface area contributed by atoms with Gasteiger partial charge in [0.15, 0.2) is 0 Å². The van der Waals surface area contributed by atoms with E-state index in [4.69, 9.17) is 0 Å². The van der Waals surface area contributed by atoms with Crippen molar-refractivity contribution in [3.05, 3.63) is 35.9 Å². The first-order valence-corrected chi connectivity index (χ1v) is 8.80. The van der Waals surface area contributed by atoms with Crippen molar-refractivity contribution >= 4 is 23.8 Å². The average Bonchev–Trinajstić information content (AvgIpc) is 2.78. The van der Waals surface area contributed by atoms with Crippen LogP contribution >= 0.6 is 0 Å². The fourth-order valence-electron chi connectivity index (χ4n) is 2.78. The summed E-state index contributed by atoms with van der Waals surface area (Å²) in [5.74, 6) is -2.22. The van der Waals surface area contributed by atoms with Crippen LogP contribution in [0.5, 0.6) is 0 Å². The Morgan fingerprint density at radius 3 is 2.23 bits per heavy atom. The summed E-state index contributed by atoms with van der Waals surface area (Å²) in [5.41, 5.74) is 1.17. The minimum atomic E-state index is -0.942. The molecule has 1 saturated heterocycles. The zero-order valence-electron chi connectivity index (χ0n) is 15.4. The number of carbonyl (C=O) groups excluding carboxylic acids is 4. The Hall–Kier alpha value is -2.70. The van der Waals surface area contributed by atoms with E-state index in [0.29, 0.717) is 4.90 Å². The molecule has 1 aliphatic rings. The van der Waals surface area contributed by atoms with E-state index in [9.17, 15) is 19.2 Å². The zero-order valence-corrected chi connectivity index (χ0v) is 15.4. The van der Waals surface area contributed by atoms with E-state index >= 15 is 0 Å². The number of amides is 5. The maximum atomic E-state index is 12.2. The van der Waals surface area contributed by atoms with Gasteiger partial charge in [0.2, 0.25) is 5.91 Å².